The highest BCUT2D eigenvalue weighted by Crippen LogP contribution is 2.22. The molecule has 0 saturated carbocycles. The molecule has 2 aromatic carbocycles. The van der Waals surface area contributed by atoms with Crippen LogP contribution in [0.15, 0.2) is 48.5 Å². The van der Waals surface area contributed by atoms with Crippen molar-refractivity contribution in [3.05, 3.63) is 65.5 Å². The molecule has 2 heterocycles. The number of rotatable bonds is 12. The second-order valence-corrected chi connectivity index (χ2v) is 12.4. The Morgan fingerprint density at radius 1 is 0.755 bits per heavy atom. The molecule has 0 atom stereocenters. The summed E-state index contributed by atoms with van der Waals surface area (Å²) >= 11 is 0. The number of carboxylic acid groups (broad SMARTS) is 4. The van der Waals surface area contributed by atoms with Crippen molar-refractivity contribution in [1.29, 1.82) is 0 Å². The zero-order valence-electron chi connectivity index (χ0n) is 28.1. The van der Waals surface area contributed by atoms with Gasteiger partial charge in [-0.1, -0.05) is 38.1 Å². The number of hydrogen-bond acceptors (Lipinski definition) is 8. The van der Waals surface area contributed by atoms with Crippen LogP contribution in [0.25, 0.3) is 0 Å². The summed E-state index contributed by atoms with van der Waals surface area (Å²) in [7, 11) is 0. The summed E-state index contributed by atoms with van der Waals surface area (Å²) in [5, 5.41) is 29.6. The molecule has 2 aliphatic rings. The fourth-order valence-corrected chi connectivity index (χ4v) is 5.43. The molecule has 270 valence electrons. The molecule has 2 aliphatic heterocycles. The van der Waals surface area contributed by atoms with Gasteiger partial charge < -0.3 is 39.9 Å². The predicted octanol–water partition coefficient (Wildman–Crippen LogP) is 3.69. The van der Waals surface area contributed by atoms with Crippen molar-refractivity contribution < 1.29 is 53.5 Å². The lowest BCUT2D eigenvalue weighted by atomic mass is 10.0. The molecule has 0 aromatic heterocycles. The van der Waals surface area contributed by atoms with Gasteiger partial charge in [-0.15, -0.1) is 0 Å². The number of aliphatic carboxylic acids is 4. The van der Waals surface area contributed by atoms with Gasteiger partial charge in [-0.2, -0.15) is 0 Å². The van der Waals surface area contributed by atoms with E-state index in [1.54, 1.807) is 12.1 Å². The monoisotopic (exact) mass is 689 g/mol. The van der Waals surface area contributed by atoms with Gasteiger partial charge in [-0.3, -0.25) is 4.79 Å². The molecule has 2 aromatic rings. The summed E-state index contributed by atoms with van der Waals surface area (Å²) in [6.07, 6.45) is 6.25. The maximum atomic E-state index is 13.6. The van der Waals surface area contributed by atoms with E-state index in [4.69, 9.17) is 44.3 Å². The third-order valence-corrected chi connectivity index (χ3v) is 7.96. The first-order valence-electron chi connectivity index (χ1n) is 16.4. The van der Waals surface area contributed by atoms with Crippen LogP contribution in [0.1, 0.15) is 57.1 Å². The van der Waals surface area contributed by atoms with Crippen molar-refractivity contribution in [3.63, 3.8) is 0 Å². The lowest BCUT2D eigenvalue weighted by Crippen LogP contribution is -2.47. The van der Waals surface area contributed by atoms with Gasteiger partial charge in [0.1, 0.15) is 11.6 Å². The van der Waals surface area contributed by atoms with Crippen LogP contribution >= 0.6 is 0 Å². The minimum atomic E-state index is -1.82. The highest BCUT2D eigenvalue weighted by atomic mass is 19.1. The minimum Gasteiger partial charge on any atom is -0.493 e. The Hall–Kier alpha value is -4.56. The predicted molar refractivity (Wildman–Crippen MR) is 178 cm³/mol. The summed E-state index contributed by atoms with van der Waals surface area (Å²) in [6.45, 7) is 12.4. The highest BCUT2D eigenvalue weighted by Gasteiger charge is 2.28. The molecule has 2 fully saturated rings. The molecule has 0 spiro atoms. The van der Waals surface area contributed by atoms with Gasteiger partial charge in [-0.25, -0.2) is 23.6 Å². The van der Waals surface area contributed by atoms with Crippen molar-refractivity contribution in [2.75, 3.05) is 45.9 Å². The van der Waals surface area contributed by atoms with Crippen LogP contribution in [0.2, 0.25) is 0 Å². The van der Waals surface area contributed by atoms with Gasteiger partial charge in [0, 0.05) is 25.7 Å². The molecule has 4 rings (SSSR count). The highest BCUT2D eigenvalue weighted by molar-refractivity contribution is 6.27. The molecule has 0 aliphatic carbocycles. The van der Waals surface area contributed by atoms with Crippen molar-refractivity contribution >= 4 is 29.8 Å². The van der Waals surface area contributed by atoms with Gasteiger partial charge in [0.25, 0.3) is 0 Å². The summed E-state index contributed by atoms with van der Waals surface area (Å²) in [5.41, 5.74) is 1.96. The number of carbonyl (C=O) groups is 5. The third-order valence-electron chi connectivity index (χ3n) is 7.96. The summed E-state index contributed by atoms with van der Waals surface area (Å²) in [4.78, 5) is 57.2. The standard InChI is InChI=1S/C31H44FN3O2.2C2H2O4/c1-25(2)24-37-30-12-8-26(9-13-30)22-31(36)35(23-27-6-10-28(32)11-7-27)29-14-20-34(21-15-29)19-5-18-33-16-3-4-17-33;2*3-1(4)2(5)6/h6-13,25,29H,3-5,14-24H2,1-2H3;2*(H,3,4)(H,5,6). The maximum Gasteiger partial charge on any atom is 0.414 e. The zero-order valence-corrected chi connectivity index (χ0v) is 28.1. The number of nitrogens with zero attached hydrogens (tertiary/aromatic N) is 3. The molecule has 49 heavy (non-hydrogen) atoms. The average molecular weight is 690 g/mol. The Labute approximate surface area is 285 Å². The van der Waals surface area contributed by atoms with E-state index >= 15 is 0 Å². The molecule has 1 amide bonds. The third kappa shape index (κ3) is 16.4. The van der Waals surface area contributed by atoms with Crippen LogP contribution in [0, 0.1) is 11.7 Å². The Bertz CT molecular complexity index is 1290. The molecule has 13 nitrogen and oxygen atoms in total. The normalized spacial score (nSPS) is 14.9. The molecule has 0 unspecified atom stereocenters. The maximum absolute atomic E-state index is 13.6. The van der Waals surface area contributed by atoms with Gasteiger partial charge >= 0.3 is 23.9 Å². The van der Waals surface area contributed by atoms with Gasteiger partial charge in [0.2, 0.25) is 5.91 Å². The number of carboxylic acids is 4. The zero-order chi connectivity index (χ0) is 36.3. The molecule has 4 N–H and O–H groups in total. The Morgan fingerprint density at radius 3 is 1.69 bits per heavy atom. The first-order chi connectivity index (χ1) is 23.2. The smallest absolute Gasteiger partial charge is 0.414 e. The lowest BCUT2D eigenvalue weighted by molar-refractivity contribution is -0.159. The first-order valence-corrected chi connectivity index (χ1v) is 16.4. The first kappa shape index (κ1) is 40.6. The molecule has 0 radical (unpaired) electrons. The Kier molecular flexibility index (Phi) is 17.8. The van der Waals surface area contributed by atoms with Crippen molar-refractivity contribution in [3.8, 4) is 5.75 Å². The van der Waals surface area contributed by atoms with E-state index in [2.05, 4.69) is 23.6 Å². The van der Waals surface area contributed by atoms with E-state index in [9.17, 15) is 9.18 Å². The molecular formula is C35H48FN3O10. The fraction of sp³-hybridized carbons (Fsp3) is 0.514. The number of benzene rings is 2. The van der Waals surface area contributed by atoms with Crippen LogP contribution in [0.4, 0.5) is 4.39 Å². The number of hydrogen-bond donors (Lipinski definition) is 4. The van der Waals surface area contributed by atoms with E-state index in [1.165, 1.54) is 51.0 Å². The van der Waals surface area contributed by atoms with E-state index in [-0.39, 0.29) is 17.8 Å². The minimum absolute atomic E-state index is 0.132. The van der Waals surface area contributed by atoms with Crippen LogP contribution in [0.3, 0.4) is 0 Å². The number of halogens is 1. The number of amides is 1. The Morgan fingerprint density at radius 2 is 1.22 bits per heavy atom. The van der Waals surface area contributed by atoms with E-state index in [1.807, 2.05) is 29.2 Å². The summed E-state index contributed by atoms with van der Waals surface area (Å²) < 4.78 is 19.3. The van der Waals surface area contributed by atoms with Crippen LogP contribution in [0.5, 0.6) is 5.75 Å². The van der Waals surface area contributed by atoms with Crippen LogP contribution < -0.4 is 4.74 Å². The molecule has 2 saturated heterocycles. The van der Waals surface area contributed by atoms with Crippen LogP contribution in [-0.4, -0.2) is 117 Å². The SMILES string of the molecule is CC(C)COc1ccc(CC(=O)N(Cc2ccc(F)cc2)C2CCN(CCCN3CCCC3)CC2)cc1.O=C(O)C(=O)O.O=C(O)C(=O)O. The van der Waals surface area contributed by atoms with Crippen molar-refractivity contribution in [1.82, 2.24) is 14.7 Å². The van der Waals surface area contributed by atoms with E-state index < -0.39 is 23.9 Å². The van der Waals surface area contributed by atoms with Gasteiger partial charge in [0.15, 0.2) is 0 Å². The summed E-state index contributed by atoms with van der Waals surface area (Å²) in [5.74, 6) is -6.10. The number of piperidine rings is 1. The van der Waals surface area contributed by atoms with Crippen molar-refractivity contribution in [2.24, 2.45) is 5.92 Å². The number of likely N-dealkylation sites (tertiary alicyclic amines) is 2. The number of carbonyl (C=O) groups excluding carboxylic acids is 1. The fourth-order valence-electron chi connectivity index (χ4n) is 5.43. The average Bonchev–Trinajstić information content (AvgIpc) is 3.59. The second-order valence-electron chi connectivity index (χ2n) is 12.4. The van der Waals surface area contributed by atoms with Crippen LogP contribution in [-0.2, 0) is 36.9 Å². The molecule has 0 bridgehead atoms. The lowest BCUT2D eigenvalue weighted by Gasteiger charge is -2.39. The quantitative estimate of drug-likeness (QED) is 0.237. The Balaban J connectivity index is 0.000000594. The van der Waals surface area contributed by atoms with E-state index in [0.717, 1.165) is 49.4 Å². The molecule has 14 heteroatoms. The summed E-state index contributed by atoms with van der Waals surface area (Å²) in [6, 6.07) is 14.7. The number of ether oxygens (including phenoxy) is 1. The van der Waals surface area contributed by atoms with Gasteiger partial charge in [-0.05, 0) is 99.6 Å². The van der Waals surface area contributed by atoms with E-state index in [0.29, 0.717) is 25.5 Å². The topological polar surface area (TPSA) is 185 Å². The van der Waals surface area contributed by atoms with Gasteiger partial charge in [0.05, 0.1) is 13.0 Å². The molecular weight excluding hydrogens is 641 g/mol. The largest absolute Gasteiger partial charge is 0.493 e. The second kappa shape index (κ2) is 21.4. The van der Waals surface area contributed by atoms with Crippen molar-refractivity contribution in [2.45, 2.75) is 65.0 Å².